The minimum Gasteiger partial charge on any atom is -0.439 e. The van der Waals surface area contributed by atoms with Gasteiger partial charge in [-0.05, 0) is 62.2 Å². The molecule has 1 aromatic carbocycles. The first-order valence-electron chi connectivity index (χ1n) is 10.8. The fraction of sp³-hybridized carbons (Fsp3) is 0.478. The molecule has 1 N–H and O–H groups in total. The Morgan fingerprint density at radius 3 is 2.43 bits per heavy atom. The summed E-state index contributed by atoms with van der Waals surface area (Å²) in [5, 5.41) is 3.23. The summed E-state index contributed by atoms with van der Waals surface area (Å²) < 4.78 is 11.2. The quantitative estimate of drug-likeness (QED) is 0.820. The van der Waals surface area contributed by atoms with Gasteiger partial charge in [-0.15, -0.1) is 0 Å². The van der Waals surface area contributed by atoms with Crippen LogP contribution in [0.5, 0.6) is 11.6 Å². The van der Waals surface area contributed by atoms with Crippen molar-refractivity contribution in [1.82, 2.24) is 15.2 Å². The van der Waals surface area contributed by atoms with Gasteiger partial charge in [-0.2, -0.15) is 0 Å². The number of piperidine rings is 3. The lowest BCUT2D eigenvalue weighted by atomic mass is 9.84. The second-order valence-electron chi connectivity index (χ2n) is 8.30. The molecule has 30 heavy (non-hydrogen) atoms. The van der Waals surface area contributed by atoms with E-state index in [1.165, 1.54) is 25.9 Å². The molecule has 6 rings (SSSR count). The predicted molar refractivity (Wildman–Crippen MR) is 114 cm³/mol. The summed E-state index contributed by atoms with van der Waals surface area (Å²) in [7, 11) is 0. The summed E-state index contributed by atoms with van der Waals surface area (Å²) in [5.74, 6) is 1.82. The van der Waals surface area contributed by atoms with Crippen LogP contribution in [0.25, 0.3) is 0 Å². The Morgan fingerprint density at radius 1 is 1.03 bits per heavy atom. The number of ether oxygens (including phenoxy) is 2. The molecule has 0 saturated carbocycles. The highest BCUT2D eigenvalue weighted by atomic mass is 16.5. The van der Waals surface area contributed by atoms with Crippen molar-refractivity contribution in [2.75, 3.05) is 50.8 Å². The molecule has 7 heteroatoms. The SMILES string of the molecule is O=C(NC1CN2CCC1CC2)c1ccc(Oc2ccc(N3CCOCC3)cn2)cc1. The first-order chi connectivity index (χ1) is 14.7. The fourth-order valence-electron chi connectivity index (χ4n) is 4.62. The maximum Gasteiger partial charge on any atom is 0.251 e. The van der Waals surface area contributed by atoms with Gasteiger partial charge in [0.15, 0.2) is 0 Å². The van der Waals surface area contributed by atoms with E-state index in [9.17, 15) is 4.79 Å². The molecule has 2 bridgehead atoms. The summed E-state index contributed by atoms with van der Waals surface area (Å²) in [6, 6.07) is 11.4. The lowest BCUT2D eigenvalue weighted by molar-refractivity contribution is 0.0620. The lowest BCUT2D eigenvalue weighted by Crippen LogP contribution is -2.57. The summed E-state index contributed by atoms with van der Waals surface area (Å²) in [4.78, 5) is 21.8. The van der Waals surface area contributed by atoms with Gasteiger partial charge in [-0.3, -0.25) is 4.79 Å². The van der Waals surface area contributed by atoms with Crippen LogP contribution < -0.4 is 15.0 Å². The lowest BCUT2D eigenvalue weighted by Gasteiger charge is -2.44. The number of rotatable bonds is 5. The predicted octanol–water partition coefficient (Wildman–Crippen LogP) is 2.53. The standard InChI is InChI=1S/C23H28N4O3/c28-23(25-21-16-26-9-7-17(21)8-10-26)18-1-4-20(5-2-18)30-22-6-3-19(15-24-22)27-11-13-29-14-12-27/h1-6,15,17,21H,7-14,16H2,(H,25,28). The van der Waals surface area contributed by atoms with E-state index >= 15 is 0 Å². The average molecular weight is 409 g/mol. The Bertz CT molecular complexity index is 857. The van der Waals surface area contributed by atoms with Crippen molar-refractivity contribution in [2.24, 2.45) is 5.92 Å². The van der Waals surface area contributed by atoms with Crippen molar-refractivity contribution in [1.29, 1.82) is 0 Å². The number of fused-ring (bicyclic) bond motifs is 3. The molecule has 0 spiro atoms. The second-order valence-corrected chi connectivity index (χ2v) is 8.30. The number of amides is 1. The molecule has 158 valence electrons. The van der Waals surface area contributed by atoms with Gasteiger partial charge in [0.05, 0.1) is 25.1 Å². The Labute approximate surface area is 177 Å². The summed E-state index contributed by atoms with van der Waals surface area (Å²) in [6.07, 6.45) is 4.21. The first-order valence-corrected chi connectivity index (χ1v) is 10.8. The topological polar surface area (TPSA) is 66.9 Å². The van der Waals surface area contributed by atoms with Crippen molar-refractivity contribution in [3.63, 3.8) is 0 Å². The zero-order valence-electron chi connectivity index (χ0n) is 17.1. The molecule has 4 saturated heterocycles. The maximum absolute atomic E-state index is 12.7. The van der Waals surface area contributed by atoms with Gasteiger partial charge < -0.3 is 24.6 Å². The Balaban J connectivity index is 1.17. The van der Waals surface area contributed by atoms with Crippen LogP contribution in [-0.4, -0.2) is 67.8 Å². The van der Waals surface area contributed by atoms with Gasteiger partial charge in [0.1, 0.15) is 5.75 Å². The van der Waals surface area contributed by atoms with E-state index in [-0.39, 0.29) is 11.9 Å². The number of hydrogen-bond donors (Lipinski definition) is 1. The molecular formula is C23H28N4O3. The van der Waals surface area contributed by atoms with Crippen LogP contribution in [0.1, 0.15) is 23.2 Å². The number of hydrogen-bond acceptors (Lipinski definition) is 6. The highest BCUT2D eigenvalue weighted by molar-refractivity contribution is 5.94. The third kappa shape index (κ3) is 4.27. The minimum absolute atomic E-state index is 0.00621. The zero-order valence-corrected chi connectivity index (χ0v) is 17.1. The van der Waals surface area contributed by atoms with Crippen molar-refractivity contribution in [2.45, 2.75) is 18.9 Å². The molecule has 1 aromatic heterocycles. The normalized spacial score (nSPS) is 25.7. The Kier molecular flexibility index (Phi) is 5.55. The molecule has 0 radical (unpaired) electrons. The summed E-state index contributed by atoms with van der Waals surface area (Å²) in [5.41, 5.74) is 1.74. The van der Waals surface area contributed by atoms with Crippen LogP contribution in [0.15, 0.2) is 42.6 Å². The molecule has 7 nitrogen and oxygen atoms in total. The molecule has 2 aromatic rings. The van der Waals surface area contributed by atoms with Crippen LogP contribution in [0.3, 0.4) is 0 Å². The van der Waals surface area contributed by atoms with Gasteiger partial charge in [0.25, 0.3) is 5.91 Å². The molecule has 5 heterocycles. The monoisotopic (exact) mass is 408 g/mol. The third-order valence-corrected chi connectivity index (χ3v) is 6.41. The van der Waals surface area contributed by atoms with E-state index in [1.807, 2.05) is 42.6 Å². The van der Waals surface area contributed by atoms with Crippen LogP contribution in [0.2, 0.25) is 0 Å². The maximum atomic E-state index is 12.7. The summed E-state index contributed by atoms with van der Waals surface area (Å²) >= 11 is 0. The number of pyridine rings is 1. The Hall–Kier alpha value is -2.64. The second kappa shape index (κ2) is 8.62. The number of anilines is 1. The molecule has 4 fully saturated rings. The van der Waals surface area contributed by atoms with E-state index < -0.39 is 0 Å². The summed E-state index contributed by atoms with van der Waals surface area (Å²) in [6.45, 7) is 6.57. The van der Waals surface area contributed by atoms with Gasteiger partial charge in [-0.25, -0.2) is 4.98 Å². The molecule has 1 amide bonds. The van der Waals surface area contributed by atoms with Gasteiger partial charge in [-0.1, -0.05) is 0 Å². The molecule has 1 atom stereocenters. The van der Waals surface area contributed by atoms with E-state index in [0.29, 0.717) is 23.1 Å². The van der Waals surface area contributed by atoms with E-state index in [1.54, 1.807) is 0 Å². The molecule has 4 aliphatic heterocycles. The van der Waals surface area contributed by atoms with Crippen LogP contribution in [0, 0.1) is 5.92 Å². The minimum atomic E-state index is -0.00621. The number of benzene rings is 1. The Morgan fingerprint density at radius 2 is 1.80 bits per heavy atom. The number of nitrogens with zero attached hydrogens (tertiary/aromatic N) is 3. The fourth-order valence-corrected chi connectivity index (χ4v) is 4.62. The largest absolute Gasteiger partial charge is 0.439 e. The molecular weight excluding hydrogens is 380 g/mol. The van der Waals surface area contributed by atoms with Gasteiger partial charge >= 0.3 is 0 Å². The molecule has 0 aliphatic carbocycles. The van der Waals surface area contributed by atoms with Gasteiger partial charge in [0, 0.05) is 37.3 Å². The van der Waals surface area contributed by atoms with E-state index in [0.717, 1.165) is 38.5 Å². The first kappa shape index (κ1) is 19.3. The van der Waals surface area contributed by atoms with Crippen molar-refractivity contribution in [3.05, 3.63) is 48.2 Å². The highest BCUT2D eigenvalue weighted by Crippen LogP contribution is 2.28. The smallest absolute Gasteiger partial charge is 0.251 e. The van der Waals surface area contributed by atoms with E-state index in [2.05, 4.69) is 20.1 Å². The number of morpholine rings is 1. The third-order valence-electron chi connectivity index (χ3n) is 6.41. The highest BCUT2D eigenvalue weighted by Gasteiger charge is 2.34. The van der Waals surface area contributed by atoms with Crippen molar-refractivity contribution < 1.29 is 14.3 Å². The van der Waals surface area contributed by atoms with Crippen molar-refractivity contribution in [3.8, 4) is 11.6 Å². The average Bonchev–Trinajstić information content (AvgIpc) is 2.81. The number of nitrogens with one attached hydrogen (secondary N) is 1. The zero-order chi connectivity index (χ0) is 20.3. The number of carbonyl (C=O) groups excluding carboxylic acids is 1. The van der Waals surface area contributed by atoms with Crippen molar-refractivity contribution >= 4 is 11.6 Å². The molecule has 1 unspecified atom stereocenters. The van der Waals surface area contributed by atoms with Crippen LogP contribution in [0.4, 0.5) is 5.69 Å². The number of aromatic nitrogens is 1. The van der Waals surface area contributed by atoms with Gasteiger partial charge in [0.2, 0.25) is 5.88 Å². The van der Waals surface area contributed by atoms with Crippen LogP contribution in [-0.2, 0) is 4.74 Å². The number of carbonyl (C=O) groups is 1. The van der Waals surface area contributed by atoms with Crippen LogP contribution >= 0.6 is 0 Å². The van der Waals surface area contributed by atoms with E-state index in [4.69, 9.17) is 9.47 Å². The molecule has 4 aliphatic rings.